The van der Waals surface area contributed by atoms with E-state index in [-0.39, 0.29) is 17.4 Å². The van der Waals surface area contributed by atoms with E-state index in [9.17, 15) is 9.59 Å². The molecule has 1 atom stereocenters. The van der Waals surface area contributed by atoms with Crippen molar-refractivity contribution < 1.29 is 9.53 Å². The Morgan fingerprint density at radius 1 is 1.29 bits per heavy atom. The van der Waals surface area contributed by atoms with Crippen LogP contribution in [0.15, 0.2) is 41.5 Å². The maximum Gasteiger partial charge on any atom is 0.250 e. The van der Waals surface area contributed by atoms with Gasteiger partial charge in [0.25, 0.3) is 0 Å². The molecule has 1 aliphatic heterocycles. The number of hydrogen-bond acceptors (Lipinski definition) is 5. The number of hydrogen-bond donors (Lipinski definition) is 1. The fraction of sp³-hybridized carbons (Fsp3) is 0.593. The Kier molecular flexibility index (Phi) is 13.0. The van der Waals surface area contributed by atoms with Crippen LogP contribution >= 0.6 is 11.6 Å². The average molecular weight is 505 g/mol. The van der Waals surface area contributed by atoms with Crippen molar-refractivity contribution in [2.75, 3.05) is 26.8 Å². The van der Waals surface area contributed by atoms with Crippen molar-refractivity contribution in [2.45, 2.75) is 65.0 Å². The number of ether oxygens (including phenoxy) is 1. The molecule has 0 radical (unpaired) electrons. The Bertz CT molecular complexity index is 955. The fourth-order valence-corrected chi connectivity index (χ4v) is 4.11. The third kappa shape index (κ3) is 9.74. The average Bonchev–Trinajstić information content (AvgIpc) is 3.73. The van der Waals surface area contributed by atoms with Crippen LogP contribution in [0.2, 0.25) is 5.02 Å². The van der Waals surface area contributed by atoms with Crippen LogP contribution in [0.3, 0.4) is 0 Å². The molecule has 1 aliphatic carbocycles. The number of carbonyl (C=O) groups excluding carboxylic acids is 1. The molecule has 2 aliphatic rings. The van der Waals surface area contributed by atoms with Crippen molar-refractivity contribution in [3.63, 3.8) is 0 Å². The first-order chi connectivity index (χ1) is 17.0. The predicted molar refractivity (Wildman–Crippen MR) is 142 cm³/mol. The number of halogens is 1. The van der Waals surface area contributed by atoms with E-state index in [1.165, 1.54) is 10.6 Å². The Labute approximate surface area is 214 Å². The van der Waals surface area contributed by atoms with E-state index in [2.05, 4.69) is 21.3 Å². The molecule has 1 saturated carbocycles. The van der Waals surface area contributed by atoms with Gasteiger partial charge >= 0.3 is 0 Å². The number of nitrogens with one attached hydrogen (secondary N) is 1. The zero-order chi connectivity index (χ0) is 25.6. The number of amides is 1. The van der Waals surface area contributed by atoms with Crippen molar-refractivity contribution in [1.29, 1.82) is 0 Å². The molecule has 194 valence electrons. The van der Waals surface area contributed by atoms with Gasteiger partial charge < -0.3 is 19.5 Å². The van der Waals surface area contributed by atoms with Gasteiger partial charge in [-0.2, -0.15) is 0 Å². The highest BCUT2D eigenvalue weighted by Gasteiger charge is 2.36. The van der Waals surface area contributed by atoms with Gasteiger partial charge in [-0.05, 0) is 62.8 Å². The summed E-state index contributed by atoms with van der Waals surface area (Å²) in [6, 6.07) is 7.51. The van der Waals surface area contributed by atoms with E-state index >= 15 is 0 Å². The molecule has 0 aromatic carbocycles. The monoisotopic (exact) mass is 504 g/mol. The number of aryl methyl sites for hydroxylation is 2. The first-order valence-electron chi connectivity index (χ1n) is 12.7. The Balaban J connectivity index is 0.000000363. The molecular weight excluding hydrogens is 464 g/mol. The number of piperidine rings is 1. The van der Waals surface area contributed by atoms with E-state index in [0.717, 1.165) is 69.5 Å². The minimum atomic E-state index is 0.0347. The lowest BCUT2D eigenvalue weighted by Gasteiger charge is -2.30. The van der Waals surface area contributed by atoms with Gasteiger partial charge in [0.15, 0.2) is 0 Å². The molecule has 3 heterocycles. The Morgan fingerprint density at radius 3 is 2.63 bits per heavy atom. The van der Waals surface area contributed by atoms with E-state index in [0.29, 0.717) is 17.6 Å². The molecule has 2 aromatic rings. The van der Waals surface area contributed by atoms with Crippen molar-refractivity contribution in [2.24, 2.45) is 13.0 Å². The molecular formula is C27H41ClN4O3. The normalized spacial score (nSPS) is 16.9. The van der Waals surface area contributed by atoms with Crippen LogP contribution in [-0.2, 0) is 29.5 Å². The summed E-state index contributed by atoms with van der Waals surface area (Å²) in [4.78, 5) is 30.0. The van der Waals surface area contributed by atoms with Gasteiger partial charge in [0.05, 0.1) is 10.9 Å². The highest BCUT2D eigenvalue weighted by Crippen LogP contribution is 2.32. The smallest absolute Gasteiger partial charge is 0.250 e. The third-order valence-corrected chi connectivity index (χ3v) is 6.38. The van der Waals surface area contributed by atoms with Crippen molar-refractivity contribution in [3.05, 3.63) is 63.3 Å². The summed E-state index contributed by atoms with van der Waals surface area (Å²) >= 11 is 6.38. The molecule has 1 saturated heterocycles. The second-order valence-corrected chi connectivity index (χ2v) is 9.16. The molecule has 1 amide bonds. The zero-order valence-corrected chi connectivity index (χ0v) is 22.4. The molecule has 8 heteroatoms. The molecule has 4 rings (SSSR count). The molecule has 2 aromatic heterocycles. The van der Waals surface area contributed by atoms with Gasteiger partial charge in [-0.15, -0.1) is 0 Å². The van der Waals surface area contributed by atoms with Gasteiger partial charge in [0, 0.05) is 64.0 Å². The van der Waals surface area contributed by atoms with Crippen molar-refractivity contribution in [3.8, 4) is 0 Å². The maximum atomic E-state index is 13.0. The van der Waals surface area contributed by atoms with Gasteiger partial charge in [-0.1, -0.05) is 31.5 Å². The highest BCUT2D eigenvalue weighted by molar-refractivity contribution is 6.31. The molecule has 0 spiro atoms. The topological polar surface area (TPSA) is 76.5 Å². The Morgan fingerprint density at radius 2 is 2.06 bits per heavy atom. The Hall–Kier alpha value is -2.22. The molecule has 0 unspecified atom stereocenters. The predicted octanol–water partition coefficient (Wildman–Crippen LogP) is 4.22. The van der Waals surface area contributed by atoms with Crippen LogP contribution in [-0.4, -0.2) is 53.2 Å². The summed E-state index contributed by atoms with van der Waals surface area (Å²) in [6.45, 7) is 7.14. The largest absolute Gasteiger partial charge is 0.385 e. The summed E-state index contributed by atoms with van der Waals surface area (Å²) in [5, 5.41) is 4.00. The van der Waals surface area contributed by atoms with E-state index in [4.69, 9.17) is 16.3 Å². The number of aromatic nitrogens is 2. The number of pyridine rings is 2. The van der Waals surface area contributed by atoms with E-state index in [1.807, 2.05) is 19.9 Å². The van der Waals surface area contributed by atoms with Crippen LogP contribution in [0.5, 0.6) is 0 Å². The molecule has 7 nitrogen and oxygen atoms in total. The lowest BCUT2D eigenvalue weighted by atomic mass is 9.97. The number of carbonyl (C=O) groups is 1. The lowest BCUT2D eigenvalue weighted by Crippen LogP contribution is -2.43. The lowest BCUT2D eigenvalue weighted by molar-refractivity contribution is -0.137. The quantitative estimate of drug-likeness (QED) is 0.545. The summed E-state index contributed by atoms with van der Waals surface area (Å²) in [5.74, 6) is 0.389. The standard InChI is InChI=1S/C19H28ClN3O2.C6H7NO.C2H6/c1-25-9-3-5-16-10-15(18(20)12-22-16)13-23(17-6-7-17)19(24)14-4-2-8-21-11-14;1-7-5-3-2-4-6(7)8;1-2/h10,12,14,17,21H,2-9,11,13H2,1H3;2-5H,1H3;1-2H3/t14-;;/m1../s1. The first-order valence-corrected chi connectivity index (χ1v) is 13.1. The van der Waals surface area contributed by atoms with Crippen molar-refractivity contribution in [1.82, 2.24) is 19.8 Å². The number of nitrogens with zero attached hydrogens (tertiary/aromatic N) is 3. The van der Waals surface area contributed by atoms with Crippen LogP contribution in [0.4, 0.5) is 0 Å². The summed E-state index contributed by atoms with van der Waals surface area (Å²) in [7, 11) is 3.43. The van der Waals surface area contributed by atoms with Crippen LogP contribution in [0, 0.1) is 5.92 Å². The van der Waals surface area contributed by atoms with Gasteiger partial charge in [0.1, 0.15) is 0 Å². The minimum absolute atomic E-state index is 0.0347. The van der Waals surface area contributed by atoms with Gasteiger partial charge in [-0.25, -0.2) is 0 Å². The molecule has 1 N–H and O–H groups in total. The summed E-state index contributed by atoms with van der Waals surface area (Å²) in [6.07, 6.45) is 9.52. The minimum Gasteiger partial charge on any atom is -0.385 e. The van der Waals surface area contributed by atoms with E-state index < -0.39 is 0 Å². The SMILES string of the molecule is CC.COCCCc1cc(CN(C(=O)[C@@H]2CCCNC2)C2CC2)c(Cl)cn1.Cn1ccccc1=O. The molecule has 35 heavy (non-hydrogen) atoms. The van der Waals surface area contributed by atoms with Crippen LogP contribution in [0.25, 0.3) is 0 Å². The highest BCUT2D eigenvalue weighted by atomic mass is 35.5. The molecule has 0 bridgehead atoms. The second kappa shape index (κ2) is 15.7. The van der Waals surface area contributed by atoms with Crippen molar-refractivity contribution >= 4 is 17.5 Å². The van der Waals surface area contributed by atoms with E-state index in [1.54, 1.807) is 32.6 Å². The number of methoxy groups -OCH3 is 1. The zero-order valence-electron chi connectivity index (χ0n) is 21.6. The number of rotatable bonds is 8. The summed E-state index contributed by atoms with van der Waals surface area (Å²) < 4.78 is 6.64. The van der Waals surface area contributed by atoms with Gasteiger partial charge in [0.2, 0.25) is 11.5 Å². The van der Waals surface area contributed by atoms with Crippen LogP contribution < -0.4 is 10.9 Å². The second-order valence-electron chi connectivity index (χ2n) is 8.75. The summed E-state index contributed by atoms with van der Waals surface area (Å²) in [5.41, 5.74) is 2.06. The first kappa shape index (κ1) is 29.0. The fourth-order valence-electron chi connectivity index (χ4n) is 3.95. The maximum absolute atomic E-state index is 13.0. The molecule has 2 fully saturated rings. The van der Waals surface area contributed by atoms with Crippen LogP contribution in [0.1, 0.15) is 57.2 Å². The third-order valence-electron chi connectivity index (χ3n) is 6.04. The van der Waals surface area contributed by atoms with Gasteiger partial charge in [-0.3, -0.25) is 14.6 Å².